The summed E-state index contributed by atoms with van der Waals surface area (Å²) in [6.07, 6.45) is 2.91. The number of nitrogens with one attached hydrogen (secondary N) is 2. The van der Waals surface area contributed by atoms with Gasteiger partial charge in [-0.1, -0.05) is 6.58 Å². The Balaban J connectivity index is 1.53. The van der Waals surface area contributed by atoms with Crippen LogP contribution in [0.5, 0.6) is 5.75 Å². The molecule has 0 bridgehead atoms. The van der Waals surface area contributed by atoms with Crippen molar-refractivity contribution in [2.24, 2.45) is 0 Å². The molecule has 1 saturated heterocycles. The lowest BCUT2D eigenvalue weighted by Crippen LogP contribution is -2.44. The molecule has 10 nitrogen and oxygen atoms in total. The number of pyridine rings is 1. The summed E-state index contributed by atoms with van der Waals surface area (Å²) in [5.41, 5.74) is 4.79. The van der Waals surface area contributed by atoms with Gasteiger partial charge in [0.1, 0.15) is 5.75 Å². The molecule has 40 heavy (non-hydrogen) atoms. The summed E-state index contributed by atoms with van der Waals surface area (Å²) in [5, 5.41) is 6.78. The van der Waals surface area contributed by atoms with E-state index in [4.69, 9.17) is 9.72 Å². The third kappa shape index (κ3) is 5.52. The highest BCUT2D eigenvalue weighted by molar-refractivity contribution is 5.99. The summed E-state index contributed by atoms with van der Waals surface area (Å²) in [5.74, 6) is 0.659. The van der Waals surface area contributed by atoms with Gasteiger partial charge in [-0.2, -0.15) is 4.98 Å². The lowest BCUT2D eigenvalue weighted by atomic mass is 10.1. The van der Waals surface area contributed by atoms with Gasteiger partial charge in [-0.05, 0) is 68.4 Å². The number of nitrogens with zero attached hydrogens (tertiary/aromatic N) is 5. The molecule has 206 valence electrons. The summed E-state index contributed by atoms with van der Waals surface area (Å²) in [4.78, 5) is 39.2. The zero-order chi connectivity index (χ0) is 28.4. The van der Waals surface area contributed by atoms with E-state index >= 15 is 0 Å². The van der Waals surface area contributed by atoms with Gasteiger partial charge in [-0.3, -0.25) is 14.2 Å². The van der Waals surface area contributed by atoms with Crippen LogP contribution in [0.1, 0.15) is 11.1 Å². The number of ether oxygens (including phenoxy) is 1. The van der Waals surface area contributed by atoms with Crippen LogP contribution in [-0.2, 0) is 4.79 Å². The lowest BCUT2D eigenvalue weighted by Gasteiger charge is -2.34. The molecule has 4 aromatic rings. The van der Waals surface area contributed by atoms with E-state index in [9.17, 15) is 9.59 Å². The monoisotopic (exact) mass is 539 g/mol. The normalized spacial score (nSPS) is 13.8. The SMILES string of the molecule is C=CC(=O)Nc1cc(C)cc(-n2c(=O)cc(C)c3cnc(Nc4ccc(N5CCN(C)CC5)cc4OC)nc32)c1. The number of benzene rings is 2. The van der Waals surface area contributed by atoms with Gasteiger partial charge in [0.25, 0.3) is 5.56 Å². The standard InChI is InChI=1S/C30H33N7O3/c1-6-27(38)32-21-13-19(2)14-23(16-21)37-28(39)15-20(3)24-18-31-30(34-29(24)37)33-25-8-7-22(17-26(25)40-5)36-11-9-35(4)10-12-36/h6-8,13-18H,1,9-12H2,2-5H3,(H,32,38)(H,31,33,34). The molecule has 2 aromatic carbocycles. The van der Waals surface area contributed by atoms with Crippen molar-refractivity contribution in [3.05, 3.63) is 82.8 Å². The van der Waals surface area contributed by atoms with Gasteiger partial charge in [0.15, 0.2) is 5.65 Å². The van der Waals surface area contributed by atoms with Crippen LogP contribution in [0, 0.1) is 13.8 Å². The predicted octanol–water partition coefficient (Wildman–Crippen LogP) is 4.03. The highest BCUT2D eigenvalue weighted by Crippen LogP contribution is 2.32. The van der Waals surface area contributed by atoms with Crippen LogP contribution >= 0.6 is 0 Å². The van der Waals surface area contributed by atoms with E-state index in [1.165, 1.54) is 10.6 Å². The Morgan fingerprint density at radius 1 is 1.05 bits per heavy atom. The lowest BCUT2D eigenvalue weighted by molar-refractivity contribution is -0.111. The smallest absolute Gasteiger partial charge is 0.257 e. The van der Waals surface area contributed by atoms with Gasteiger partial charge in [0.05, 0.1) is 18.5 Å². The van der Waals surface area contributed by atoms with Crippen LogP contribution in [0.15, 0.2) is 66.1 Å². The Morgan fingerprint density at radius 2 is 1.82 bits per heavy atom. The Morgan fingerprint density at radius 3 is 2.55 bits per heavy atom. The van der Waals surface area contributed by atoms with Crippen LogP contribution in [0.3, 0.4) is 0 Å². The van der Waals surface area contributed by atoms with Crippen molar-refractivity contribution in [1.29, 1.82) is 0 Å². The van der Waals surface area contributed by atoms with Crippen LogP contribution in [-0.4, -0.2) is 65.7 Å². The van der Waals surface area contributed by atoms with Gasteiger partial charge >= 0.3 is 0 Å². The molecule has 0 saturated carbocycles. The number of amides is 1. The zero-order valence-corrected chi connectivity index (χ0v) is 23.2. The average molecular weight is 540 g/mol. The minimum atomic E-state index is -0.334. The Hall–Kier alpha value is -4.70. The Kier molecular flexibility index (Phi) is 7.52. The van der Waals surface area contributed by atoms with Gasteiger partial charge in [-0.25, -0.2) is 4.98 Å². The molecule has 0 atom stereocenters. The summed E-state index contributed by atoms with van der Waals surface area (Å²) in [6.45, 7) is 11.2. The van der Waals surface area contributed by atoms with Crippen LogP contribution in [0.2, 0.25) is 0 Å². The Bertz CT molecular complexity index is 1660. The number of aryl methyl sites for hydroxylation is 2. The second-order valence-electron chi connectivity index (χ2n) is 9.98. The molecule has 0 spiro atoms. The van der Waals surface area contributed by atoms with Crippen molar-refractivity contribution in [1.82, 2.24) is 19.4 Å². The first-order valence-electron chi connectivity index (χ1n) is 13.1. The molecule has 3 heterocycles. The predicted molar refractivity (Wildman–Crippen MR) is 159 cm³/mol. The van der Waals surface area contributed by atoms with Gasteiger partial charge in [0.2, 0.25) is 11.9 Å². The largest absolute Gasteiger partial charge is 0.494 e. The van der Waals surface area contributed by atoms with Crippen LogP contribution in [0.4, 0.5) is 23.0 Å². The number of likely N-dealkylation sites (N-methyl/N-ethyl adjacent to an activating group) is 1. The van der Waals surface area contributed by atoms with Crippen molar-refractivity contribution < 1.29 is 9.53 Å². The molecule has 1 aliphatic rings. The second kappa shape index (κ2) is 11.2. The van der Waals surface area contributed by atoms with Crippen molar-refractivity contribution in [2.75, 3.05) is 55.9 Å². The quantitative estimate of drug-likeness (QED) is 0.340. The van der Waals surface area contributed by atoms with E-state index in [1.807, 2.05) is 38.1 Å². The number of anilines is 4. The summed E-state index contributed by atoms with van der Waals surface area (Å²) < 4.78 is 7.23. The Labute approximate surface area is 232 Å². The third-order valence-corrected chi connectivity index (χ3v) is 7.04. The van der Waals surface area contributed by atoms with Gasteiger partial charge < -0.3 is 25.2 Å². The van der Waals surface area contributed by atoms with E-state index in [0.29, 0.717) is 34.4 Å². The third-order valence-electron chi connectivity index (χ3n) is 7.04. The van der Waals surface area contributed by atoms with Gasteiger partial charge in [-0.15, -0.1) is 0 Å². The van der Waals surface area contributed by atoms with E-state index in [2.05, 4.69) is 45.1 Å². The fourth-order valence-corrected chi connectivity index (χ4v) is 4.89. The number of carbonyl (C=O) groups excluding carboxylic acids is 1. The number of carbonyl (C=O) groups is 1. The zero-order valence-electron chi connectivity index (χ0n) is 23.2. The molecule has 5 rings (SSSR count). The fraction of sp³-hybridized carbons (Fsp3) is 0.267. The molecule has 2 N–H and O–H groups in total. The number of fused-ring (bicyclic) bond motifs is 1. The van der Waals surface area contributed by atoms with Crippen LogP contribution < -0.4 is 25.8 Å². The number of hydrogen-bond acceptors (Lipinski definition) is 8. The molecular formula is C30H33N7O3. The number of methoxy groups -OCH3 is 1. The van der Waals surface area contributed by atoms with Crippen molar-refractivity contribution in [3.63, 3.8) is 0 Å². The molecule has 2 aromatic heterocycles. The molecule has 0 aliphatic carbocycles. The number of hydrogen-bond donors (Lipinski definition) is 2. The molecule has 1 fully saturated rings. The van der Waals surface area contributed by atoms with Crippen LogP contribution in [0.25, 0.3) is 16.7 Å². The topological polar surface area (TPSA) is 105 Å². The minimum absolute atomic E-state index is 0.240. The number of piperazine rings is 1. The molecule has 1 amide bonds. The maximum Gasteiger partial charge on any atom is 0.257 e. The summed E-state index contributed by atoms with van der Waals surface area (Å²) in [6, 6.07) is 13.0. The highest BCUT2D eigenvalue weighted by atomic mass is 16.5. The van der Waals surface area contributed by atoms with Crippen molar-refractivity contribution in [3.8, 4) is 11.4 Å². The molecule has 10 heteroatoms. The second-order valence-corrected chi connectivity index (χ2v) is 9.98. The maximum atomic E-state index is 13.3. The maximum absolute atomic E-state index is 13.3. The molecule has 0 unspecified atom stereocenters. The number of aromatic nitrogens is 3. The van der Waals surface area contributed by atoms with Gasteiger partial charge in [0, 0.05) is 61.3 Å². The first-order valence-corrected chi connectivity index (χ1v) is 13.1. The minimum Gasteiger partial charge on any atom is -0.494 e. The van der Waals surface area contributed by atoms with E-state index in [1.54, 1.807) is 25.4 Å². The van der Waals surface area contributed by atoms with Crippen molar-refractivity contribution >= 4 is 40.0 Å². The molecule has 0 radical (unpaired) electrons. The van der Waals surface area contributed by atoms with E-state index in [0.717, 1.165) is 48.4 Å². The molecule has 1 aliphatic heterocycles. The first kappa shape index (κ1) is 26.9. The summed E-state index contributed by atoms with van der Waals surface area (Å²) in [7, 11) is 3.77. The summed E-state index contributed by atoms with van der Waals surface area (Å²) >= 11 is 0. The van der Waals surface area contributed by atoms with E-state index in [-0.39, 0.29) is 11.5 Å². The van der Waals surface area contributed by atoms with E-state index < -0.39 is 0 Å². The average Bonchev–Trinajstić information content (AvgIpc) is 2.93. The highest BCUT2D eigenvalue weighted by Gasteiger charge is 2.17. The fourth-order valence-electron chi connectivity index (χ4n) is 4.89. The molecular weight excluding hydrogens is 506 g/mol. The van der Waals surface area contributed by atoms with Crippen molar-refractivity contribution in [2.45, 2.75) is 13.8 Å². The number of rotatable bonds is 7. The first-order chi connectivity index (χ1) is 19.2.